The lowest BCUT2D eigenvalue weighted by Crippen LogP contribution is -2.42. The fourth-order valence-corrected chi connectivity index (χ4v) is 2.78. The van der Waals surface area contributed by atoms with Crippen molar-refractivity contribution in [1.29, 1.82) is 0 Å². The molecule has 1 saturated carbocycles. The van der Waals surface area contributed by atoms with Gasteiger partial charge in [-0.25, -0.2) is 0 Å². The molecular formula is C16H34N2. The van der Waals surface area contributed by atoms with Gasteiger partial charge in [0.15, 0.2) is 0 Å². The van der Waals surface area contributed by atoms with E-state index >= 15 is 0 Å². The van der Waals surface area contributed by atoms with Crippen LogP contribution in [0.1, 0.15) is 71.6 Å². The van der Waals surface area contributed by atoms with E-state index in [1.54, 1.807) is 0 Å². The summed E-state index contributed by atoms with van der Waals surface area (Å²) in [7, 11) is 0. The van der Waals surface area contributed by atoms with Crippen LogP contribution in [0.3, 0.4) is 0 Å². The third-order valence-corrected chi connectivity index (χ3v) is 4.13. The average molecular weight is 254 g/mol. The van der Waals surface area contributed by atoms with Crippen LogP contribution in [-0.2, 0) is 0 Å². The van der Waals surface area contributed by atoms with Crippen LogP contribution in [0.4, 0.5) is 0 Å². The highest BCUT2D eigenvalue weighted by Gasteiger charge is 2.26. The number of hydrogen-bond acceptors (Lipinski definition) is 2. The van der Waals surface area contributed by atoms with Crippen molar-refractivity contribution in [3.8, 4) is 0 Å². The quantitative estimate of drug-likeness (QED) is 0.537. The smallest absolute Gasteiger partial charge is 0.0218 e. The summed E-state index contributed by atoms with van der Waals surface area (Å²) in [6.07, 6.45) is 12.4. The lowest BCUT2D eigenvalue weighted by atomic mass is 10.0. The third kappa shape index (κ3) is 6.75. The first-order chi connectivity index (χ1) is 8.81. The van der Waals surface area contributed by atoms with E-state index in [1.165, 1.54) is 70.9 Å². The minimum Gasteiger partial charge on any atom is -0.329 e. The van der Waals surface area contributed by atoms with E-state index in [4.69, 9.17) is 5.73 Å². The number of nitrogens with two attached hydrogens (primary N) is 1. The van der Waals surface area contributed by atoms with Gasteiger partial charge >= 0.3 is 0 Å². The number of rotatable bonds is 12. The summed E-state index contributed by atoms with van der Waals surface area (Å²) in [5.74, 6) is 0.991. The Labute approximate surface area is 114 Å². The fraction of sp³-hybridized carbons (Fsp3) is 1.00. The Balaban J connectivity index is 2.21. The summed E-state index contributed by atoms with van der Waals surface area (Å²) in [6.45, 7) is 7.97. The molecule has 1 aliphatic carbocycles. The zero-order chi connectivity index (χ0) is 13.2. The van der Waals surface area contributed by atoms with Gasteiger partial charge in [-0.15, -0.1) is 0 Å². The predicted octanol–water partition coefficient (Wildman–Crippen LogP) is 3.80. The van der Waals surface area contributed by atoms with E-state index in [0.29, 0.717) is 6.04 Å². The van der Waals surface area contributed by atoms with Gasteiger partial charge in [0.2, 0.25) is 0 Å². The lowest BCUT2D eigenvalue weighted by molar-refractivity contribution is 0.180. The van der Waals surface area contributed by atoms with E-state index in [-0.39, 0.29) is 0 Å². The second-order valence-corrected chi connectivity index (χ2v) is 6.03. The second kappa shape index (κ2) is 9.80. The molecule has 0 radical (unpaired) electrons. The maximum atomic E-state index is 6.00. The van der Waals surface area contributed by atoms with Crippen LogP contribution in [0.5, 0.6) is 0 Å². The molecule has 0 aromatic carbocycles. The van der Waals surface area contributed by atoms with E-state index in [0.717, 1.165) is 12.5 Å². The van der Waals surface area contributed by atoms with E-state index in [2.05, 4.69) is 18.7 Å². The van der Waals surface area contributed by atoms with Gasteiger partial charge in [-0.05, 0) is 38.1 Å². The second-order valence-electron chi connectivity index (χ2n) is 6.03. The standard InChI is InChI=1S/C16H34N2/c1-3-5-6-7-8-9-16(13-17)18(12-4-2)14-15-10-11-15/h15-16H,3-14,17H2,1-2H3. The Bertz CT molecular complexity index is 190. The minimum absolute atomic E-state index is 0.646. The van der Waals surface area contributed by atoms with Crippen molar-refractivity contribution >= 4 is 0 Å². The van der Waals surface area contributed by atoms with Gasteiger partial charge in [-0.2, -0.15) is 0 Å². The molecule has 0 heterocycles. The SMILES string of the molecule is CCCCCCCC(CN)N(CCC)CC1CC1. The average Bonchev–Trinajstić information content (AvgIpc) is 3.17. The summed E-state index contributed by atoms with van der Waals surface area (Å²) in [5.41, 5.74) is 6.00. The summed E-state index contributed by atoms with van der Waals surface area (Å²) < 4.78 is 0. The summed E-state index contributed by atoms with van der Waals surface area (Å²) in [6, 6.07) is 0.646. The molecule has 0 amide bonds. The maximum absolute atomic E-state index is 6.00. The molecule has 2 N–H and O–H groups in total. The van der Waals surface area contributed by atoms with Crippen LogP contribution < -0.4 is 5.73 Å². The van der Waals surface area contributed by atoms with Crippen LogP contribution in [-0.4, -0.2) is 30.6 Å². The van der Waals surface area contributed by atoms with Gasteiger partial charge in [0, 0.05) is 19.1 Å². The topological polar surface area (TPSA) is 29.3 Å². The van der Waals surface area contributed by atoms with Crippen LogP contribution in [0, 0.1) is 5.92 Å². The van der Waals surface area contributed by atoms with Gasteiger partial charge in [-0.3, -0.25) is 4.90 Å². The molecule has 1 rings (SSSR count). The lowest BCUT2D eigenvalue weighted by Gasteiger charge is -2.31. The molecule has 1 unspecified atom stereocenters. The molecular weight excluding hydrogens is 220 g/mol. The van der Waals surface area contributed by atoms with Crippen LogP contribution in [0.25, 0.3) is 0 Å². The normalized spacial score (nSPS) is 17.3. The van der Waals surface area contributed by atoms with Crippen molar-refractivity contribution in [3.63, 3.8) is 0 Å². The number of nitrogens with zero attached hydrogens (tertiary/aromatic N) is 1. The van der Waals surface area contributed by atoms with Gasteiger partial charge < -0.3 is 5.73 Å². The molecule has 18 heavy (non-hydrogen) atoms. The first-order valence-corrected chi connectivity index (χ1v) is 8.25. The van der Waals surface area contributed by atoms with Crippen molar-refractivity contribution in [2.75, 3.05) is 19.6 Å². The Morgan fingerprint density at radius 3 is 2.33 bits per heavy atom. The van der Waals surface area contributed by atoms with Crippen molar-refractivity contribution in [2.24, 2.45) is 11.7 Å². The van der Waals surface area contributed by atoms with Crippen molar-refractivity contribution in [2.45, 2.75) is 77.7 Å². The number of hydrogen-bond donors (Lipinski definition) is 1. The van der Waals surface area contributed by atoms with Crippen molar-refractivity contribution in [1.82, 2.24) is 4.90 Å². The molecule has 1 atom stereocenters. The zero-order valence-corrected chi connectivity index (χ0v) is 12.7. The molecule has 0 saturated heterocycles. The van der Waals surface area contributed by atoms with Gasteiger partial charge in [0.25, 0.3) is 0 Å². The summed E-state index contributed by atoms with van der Waals surface area (Å²) >= 11 is 0. The highest BCUT2D eigenvalue weighted by atomic mass is 15.2. The Hall–Kier alpha value is -0.0800. The van der Waals surface area contributed by atoms with Crippen LogP contribution in [0.2, 0.25) is 0 Å². The third-order valence-electron chi connectivity index (χ3n) is 4.13. The highest BCUT2D eigenvalue weighted by molar-refractivity contribution is 4.81. The van der Waals surface area contributed by atoms with Crippen LogP contribution in [0.15, 0.2) is 0 Å². The van der Waals surface area contributed by atoms with Gasteiger partial charge in [0.05, 0.1) is 0 Å². The first-order valence-electron chi connectivity index (χ1n) is 8.25. The van der Waals surface area contributed by atoms with E-state index in [1.807, 2.05) is 0 Å². The molecule has 1 aliphatic rings. The Morgan fingerprint density at radius 2 is 1.78 bits per heavy atom. The minimum atomic E-state index is 0.646. The van der Waals surface area contributed by atoms with Crippen LogP contribution >= 0.6 is 0 Å². The van der Waals surface area contributed by atoms with Gasteiger partial charge in [-0.1, -0.05) is 46.0 Å². The molecule has 2 heteroatoms. The highest BCUT2D eigenvalue weighted by Crippen LogP contribution is 2.30. The molecule has 0 aromatic heterocycles. The predicted molar refractivity (Wildman–Crippen MR) is 80.8 cm³/mol. The molecule has 2 nitrogen and oxygen atoms in total. The summed E-state index contributed by atoms with van der Waals surface area (Å²) in [4.78, 5) is 2.68. The molecule has 0 aromatic rings. The maximum Gasteiger partial charge on any atom is 0.0218 e. The van der Waals surface area contributed by atoms with E-state index < -0.39 is 0 Å². The Morgan fingerprint density at radius 1 is 1.06 bits per heavy atom. The summed E-state index contributed by atoms with van der Waals surface area (Å²) in [5, 5.41) is 0. The van der Waals surface area contributed by atoms with Gasteiger partial charge in [0.1, 0.15) is 0 Å². The molecule has 0 bridgehead atoms. The van der Waals surface area contributed by atoms with E-state index in [9.17, 15) is 0 Å². The zero-order valence-electron chi connectivity index (χ0n) is 12.7. The van der Waals surface area contributed by atoms with Crippen molar-refractivity contribution in [3.05, 3.63) is 0 Å². The molecule has 108 valence electrons. The largest absolute Gasteiger partial charge is 0.329 e. The van der Waals surface area contributed by atoms with Crippen molar-refractivity contribution < 1.29 is 0 Å². The fourth-order valence-electron chi connectivity index (χ4n) is 2.78. The monoisotopic (exact) mass is 254 g/mol. The molecule has 1 fully saturated rings. The molecule has 0 spiro atoms. The first kappa shape index (κ1) is 16.0. The number of unbranched alkanes of at least 4 members (excludes halogenated alkanes) is 4. The Kier molecular flexibility index (Phi) is 8.70. The molecule has 0 aliphatic heterocycles.